The van der Waals surface area contributed by atoms with Crippen LogP contribution >= 0.6 is 11.8 Å². The van der Waals surface area contributed by atoms with Crippen LogP contribution in [0.4, 0.5) is 4.39 Å². The normalized spacial score (nSPS) is 22.0. The first-order chi connectivity index (χ1) is 16.1. The Morgan fingerprint density at radius 3 is 2.79 bits per heavy atom. The van der Waals surface area contributed by atoms with Crippen molar-refractivity contribution >= 4 is 17.3 Å². The van der Waals surface area contributed by atoms with E-state index in [0.29, 0.717) is 17.1 Å². The summed E-state index contributed by atoms with van der Waals surface area (Å²) in [5.74, 6) is 1.08. The summed E-state index contributed by atoms with van der Waals surface area (Å²) >= 11 is 1.20. The lowest BCUT2D eigenvalue weighted by Gasteiger charge is -2.15. The maximum Gasteiger partial charge on any atom is 0.155 e. The van der Waals surface area contributed by atoms with Gasteiger partial charge in [0.1, 0.15) is 11.1 Å². The van der Waals surface area contributed by atoms with Gasteiger partial charge in [-0.2, -0.15) is 15.5 Å². The molecule has 5 heterocycles. The maximum absolute atomic E-state index is 14.4. The van der Waals surface area contributed by atoms with Crippen LogP contribution in [0.15, 0.2) is 52.9 Å². The molecule has 0 bridgehead atoms. The largest absolute Gasteiger partial charge is 0.316 e. The summed E-state index contributed by atoms with van der Waals surface area (Å²) in [4.78, 5) is 4.91. The molecule has 6 rings (SSSR count). The van der Waals surface area contributed by atoms with Crippen molar-refractivity contribution in [2.24, 2.45) is 11.8 Å². The molecule has 0 spiro atoms. The summed E-state index contributed by atoms with van der Waals surface area (Å²) in [5, 5.41) is 22.5. The van der Waals surface area contributed by atoms with Gasteiger partial charge >= 0.3 is 0 Å². The van der Waals surface area contributed by atoms with Crippen molar-refractivity contribution in [3.8, 4) is 17.2 Å². The molecule has 33 heavy (non-hydrogen) atoms. The van der Waals surface area contributed by atoms with E-state index in [2.05, 4.69) is 33.1 Å². The Labute approximate surface area is 194 Å². The third-order valence-corrected chi connectivity index (χ3v) is 7.98. The highest BCUT2D eigenvalue weighted by atomic mass is 32.2. The van der Waals surface area contributed by atoms with E-state index >= 15 is 0 Å². The number of nitrogens with zero attached hydrogens (tertiary/aromatic N) is 6. The number of halogens is 1. The number of rotatable bonds is 4. The quantitative estimate of drug-likeness (QED) is 0.492. The van der Waals surface area contributed by atoms with E-state index < -0.39 is 5.82 Å². The Balaban J connectivity index is 1.42. The Morgan fingerprint density at radius 1 is 1.21 bits per heavy atom. The van der Waals surface area contributed by atoms with Gasteiger partial charge in [-0.1, -0.05) is 11.8 Å². The second-order valence-corrected chi connectivity index (χ2v) is 9.87. The Bertz CT molecular complexity index is 1390. The molecule has 4 aromatic rings. The van der Waals surface area contributed by atoms with Crippen LogP contribution < -0.4 is 5.32 Å². The van der Waals surface area contributed by atoms with Gasteiger partial charge in [0.15, 0.2) is 5.82 Å². The van der Waals surface area contributed by atoms with Crippen molar-refractivity contribution in [2.75, 3.05) is 13.1 Å². The van der Waals surface area contributed by atoms with E-state index in [-0.39, 0.29) is 5.03 Å². The van der Waals surface area contributed by atoms with Crippen LogP contribution in [-0.4, -0.2) is 37.5 Å². The molecular formula is C24H22FN7S. The molecule has 2 aliphatic rings. The Morgan fingerprint density at radius 2 is 2.03 bits per heavy atom. The minimum Gasteiger partial charge on any atom is -0.316 e. The molecule has 1 saturated carbocycles. The van der Waals surface area contributed by atoms with Crippen molar-refractivity contribution in [2.45, 2.75) is 35.7 Å². The molecule has 0 amide bonds. The van der Waals surface area contributed by atoms with Crippen LogP contribution in [0.3, 0.4) is 0 Å². The third kappa shape index (κ3) is 3.41. The number of pyridine rings is 2. The van der Waals surface area contributed by atoms with E-state index in [0.717, 1.165) is 59.5 Å². The average Bonchev–Trinajstić information content (AvgIpc) is 3.57. The minimum absolute atomic E-state index is 0.264. The first-order valence-electron chi connectivity index (χ1n) is 11.1. The molecule has 1 N–H and O–H groups in total. The molecule has 1 aliphatic carbocycles. The van der Waals surface area contributed by atoms with Gasteiger partial charge in [0.2, 0.25) is 0 Å². The van der Waals surface area contributed by atoms with Gasteiger partial charge in [0.05, 0.1) is 29.5 Å². The van der Waals surface area contributed by atoms with Gasteiger partial charge in [-0.05, 0) is 62.9 Å². The van der Waals surface area contributed by atoms with Gasteiger partial charge in [-0.15, -0.1) is 0 Å². The van der Waals surface area contributed by atoms with Crippen LogP contribution in [0.5, 0.6) is 0 Å². The standard InChI is InChI=1S/C24H22FN7S/c1-14-20(12-30-32(14)19-5-15-9-27-10-16(15)6-19)17-7-22(33-24-21(25)3-2-4-28-24)23-18(8-26)11-29-31(23)13-17/h2-4,7,11-13,15-16,19,27H,5-6,9-10H2,1H3/t15-,16+,19?. The Kier molecular flexibility index (Phi) is 4.93. The van der Waals surface area contributed by atoms with E-state index in [4.69, 9.17) is 5.10 Å². The van der Waals surface area contributed by atoms with Crippen molar-refractivity contribution in [3.05, 3.63) is 60.1 Å². The summed E-state index contributed by atoms with van der Waals surface area (Å²) in [6.45, 7) is 4.32. The molecule has 1 unspecified atom stereocenters. The van der Waals surface area contributed by atoms with Crippen molar-refractivity contribution in [1.82, 2.24) is 29.7 Å². The van der Waals surface area contributed by atoms with Gasteiger partial charge < -0.3 is 5.32 Å². The zero-order valence-electron chi connectivity index (χ0n) is 18.1. The molecule has 3 atom stereocenters. The number of hydrogen-bond donors (Lipinski definition) is 1. The van der Waals surface area contributed by atoms with Crippen LogP contribution in [0.2, 0.25) is 0 Å². The predicted molar refractivity (Wildman–Crippen MR) is 122 cm³/mol. The second kappa shape index (κ2) is 7.97. The predicted octanol–water partition coefficient (Wildman–Crippen LogP) is 4.23. The fraction of sp³-hybridized carbons (Fsp3) is 0.333. The second-order valence-electron chi connectivity index (χ2n) is 8.84. The smallest absolute Gasteiger partial charge is 0.155 e. The van der Waals surface area contributed by atoms with Crippen molar-refractivity contribution < 1.29 is 4.39 Å². The molecule has 0 aromatic carbocycles. The fourth-order valence-corrected chi connectivity index (χ4v) is 6.32. The van der Waals surface area contributed by atoms with Crippen LogP contribution in [0, 0.1) is 35.9 Å². The summed E-state index contributed by atoms with van der Waals surface area (Å²) in [5.41, 5.74) is 4.15. The van der Waals surface area contributed by atoms with E-state index in [1.807, 2.05) is 18.5 Å². The number of aromatic nitrogens is 5. The van der Waals surface area contributed by atoms with Crippen molar-refractivity contribution in [1.29, 1.82) is 5.26 Å². The van der Waals surface area contributed by atoms with Crippen LogP contribution in [-0.2, 0) is 0 Å². The topological polar surface area (TPSA) is 83.8 Å². The zero-order valence-corrected chi connectivity index (χ0v) is 18.9. The number of hydrogen-bond acceptors (Lipinski definition) is 6. The molecule has 1 saturated heterocycles. The molecule has 9 heteroatoms. The lowest BCUT2D eigenvalue weighted by atomic mass is 10.0. The van der Waals surface area contributed by atoms with E-state index in [9.17, 15) is 9.65 Å². The summed E-state index contributed by atoms with van der Waals surface area (Å²) in [6.07, 6.45) is 9.24. The summed E-state index contributed by atoms with van der Waals surface area (Å²) < 4.78 is 18.2. The minimum atomic E-state index is -0.394. The van der Waals surface area contributed by atoms with E-state index in [1.165, 1.54) is 17.8 Å². The summed E-state index contributed by atoms with van der Waals surface area (Å²) in [7, 11) is 0. The fourth-order valence-electron chi connectivity index (χ4n) is 5.35. The maximum atomic E-state index is 14.4. The number of nitriles is 1. The molecule has 4 aromatic heterocycles. The molecule has 166 valence electrons. The molecule has 1 aliphatic heterocycles. The lowest BCUT2D eigenvalue weighted by Crippen LogP contribution is -2.15. The lowest BCUT2D eigenvalue weighted by molar-refractivity contribution is 0.425. The van der Waals surface area contributed by atoms with Gasteiger partial charge in [0, 0.05) is 34.1 Å². The first kappa shape index (κ1) is 20.4. The highest BCUT2D eigenvalue weighted by molar-refractivity contribution is 7.99. The Hall–Kier alpha value is -3.22. The molecular weight excluding hydrogens is 437 g/mol. The average molecular weight is 460 g/mol. The highest BCUT2D eigenvalue weighted by Gasteiger charge is 2.38. The van der Waals surface area contributed by atoms with Crippen LogP contribution in [0.25, 0.3) is 16.6 Å². The molecule has 7 nitrogen and oxygen atoms in total. The van der Waals surface area contributed by atoms with E-state index in [1.54, 1.807) is 23.0 Å². The van der Waals surface area contributed by atoms with Gasteiger partial charge in [0.25, 0.3) is 0 Å². The molecule has 0 radical (unpaired) electrons. The highest BCUT2D eigenvalue weighted by Crippen LogP contribution is 2.43. The van der Waals surface area contributed by atoms with Gasteiger partial charge in [-0.25, -0.2) is 13.9 Å². The summed E-state index contributed by atoms with van der Waals surface area (Å²) in [6, 6.07) is 7.55. The SMILES string of the molecule is Cc1c(-c2cc(Sc3ncccc3F)c3c(C#N)cnn3c2)cnn1C1C[C@H]2CNC[C@H]2C1. The monoisotopic (exact) mass is 459 g/mol. The number of nitrogens with one attached hydrogen (secondary N) is 1. The molecule has 2 fully saturated rings. The van der Waals surface area contributed by atoms with Crippen molar-refractivity contribution in [3.63, 3.8) is 0 Å². The number of fused-ring (bicyclic) bond motifs is 2. The van der Waals surface area contributed by atoms with Gasteiger partial charge in [-0.3, -0.25) is 4.68 Å². The third-order valence-electron chi connectivity index (χ3n) is 6.96. The zero-order chi connectivity index (χ0) is 22.5. The first-order valence-corrected chi connectivity index (χ1v) is 11.9. The van der Waals surface area contributed by atoms with Crippen LogP contribution in [0.1, 0.15) is 30.1 Å².